The quantitative estimate of drug-likeness (QED) is 0.0374. The minimum atomic E-state index is -1.07. The third-order valence-corrected chi connectivity index (χ3v) is 19.3. The molecule has 0 aromatic heterocycles. The Morgan fingerprint density at radius 3 is 1.09 bits per heavy atom. The van der Waals surface area contributed by atoms with Crippen LogP contribution in [0.4, 0.5) is 0 Å². The maximum absolute atomic E-state index is 14.9. The summed E-state index contributed by atoms with van der Waals surface area (Å²) < 4.78 is 57.8. The van der Waals surface area contributed by atoms with Crippen LogP contribution in [0.5, 0.6) is 0 Å². The highest BCUT2D eigenvalue weighted by Crippen LogP contribution is 2.35. The smallest absolute Gasteiger partial charge is 0.220 e. The van der Waals surface area contributed by atoms with Gasteiger partial charge < -0.3 is 43.2 Å². The fourth-order valence-corrected chi connectivity index (χ4v) is 13.5. The van der Waals surface area contributed by atoms with Crippen molar-refractivity contribution < 1.29 is 42.7 Å². The van der Waals surface area contributed by atoms with Crippen molar-refractivity contribution in [3.63, 3.8) is 0 Å². The minimum absolute atomic E-state index is 0.0295. The summed E-state index contributed by atoms with van der Waals surface area (Å²) in [5.74, 6) is -0.0295. The predicted octanol–water partition coefficient (Wildman–Crippen LogP) is 22.3. The maximum Gasteiger partial charge on any atom is 0.220 e. The average Bonchev–Trinajstić information content (AvgIpc) is 0.785. The number of carbonyl (C=O) groups is 1. The van der Waals surface area contributed by atoms with Gasteiger partial charge in [-0.15, -0.1) is 0 Å². The number of hydrogen-bond donors (Lipinski definition) is 1. The van der Waals surface area contributed by atoms with E-state index in [0.29, 0.717) is 39.3 Å². The van der Waals surface area contributed by atoms with Crippen LogP contribution in [0, 0.1) is 0 Å². The van der Waals surface area contributed by atoms with Crippen molar-refractivity contribution >= 4 is 5.91 Å². The second-order valence-corrected chi connectivity index (χ2v) is 27.7. The van der Waals surface area contributed by atoms with Crippen molar-refractivity contribution in [2.24, 2.45) is 0 Å². The first kappa shape index (κ1) is 79.8. The lowest BCUT2D eigenvalue weighted by Crippen LogP contribution is -2.64. The fourth-order valence-electron chi connectivity index (χ4n) is 13.5. The van der Waals surface area contributed by atoms with Gasteiger partial charge in [0.2, 0.25) is 5.91 Å². The van der Waals surface area contributed by atoms with E-state index in [-0.39, 0.29) is 32.3 Å². The van der Waals surface area contributed by atoms with Crippen molar-refractivity contribution in [2.75, 3.05) is 13.2 Å². The molecule has 0 bridgehead atoms. The van der Waals surface area contributed by atoms with Crippen LogP contribution in [0.25, 0.3) is 0 Å². The average molecular weight is 1340 g/mol. The van der Waals surface area contributed by atoms with Crippen LogP contribution >= 0.6 is 0 Å². The Bertz CT molecular complexity index is 2800. The highest BCUT2D eigenvalue weighted by atomic mass is 16.7. The number of nitrogens with one attached hydrogen (secondary N) is 1. The van der Waals surface area contributed by atoms with Crippen molar-refractivity contribution in [3.8, 4) is 0 Å². The number of ether oxygens (including phenoxy) is 8. The van der Waals surface area contributed by atoms with E-state index in [0.717, 1.165) is 71.9 Å². The van der Waals surface area contributed by atoms with Gasteiger partial charge in [-0.1, -0.05) is 388 Å². The Morgan fingerprint density at radius 2 is 0.694 bits per heavy atom. The monoisotopic (exact) mass is 1340 g/mol. The molecule has 1 aliphatic heterocycles. The molecule has 538 valence electrons. The van der Waals surface area contributed by atoms with Gasteiger partial charge >= 0.3 is 0 Å². The van der Waals surface area contributed by atoms with Crippen LogP contribution in [0.15, 0.2) is 182 Å². The van der Waals surface area contributed by atoms with E-state index in [1.54, 1.807) is 0 Å². The summed E-state index contributed by atoms with van der Waals surface area (Å²) in [6.45, 7) is 6.81. The molecule has 0 saturated carbocycles. The minimum Gasteiger partial charge on any atom is -0.375 e. The molecule has 1 fully saturated rings. The van der Waals surface area contributed by atoms with Crippen molar-refractivity contribution in [3.05, 3.63) is 215 Å². The summed E-state index contributed by atoms with van der Waals surface area (Å²) in [4.78, 5) is 14.9. The first-order valence-corrected chi connectivity index (χ1v) is 39.0. The van der Waals surface area contributed by atoms with Gasteiger partial charge in [-0.25, -0.2) is 0 Å². The number of unbranched alkanes of at least 4 members (excludes halogenated alkanes) is 29. The lowest BCUT2D eigenvalue weighted by molar-refractivity contribution is -0.344. The van der Waals surface area contributed by atoms with Gasteiger partial charge in [0.1, 0.15) is 30.5 Å². The first-order chi connectivity index (χ1) is 48.6. The van der Waals surface area contributed by atoms with Gasteiger partial charge in [-0.3, -0.25) is 4.79 Å². The van der Waals surface area contributed by atoms with E-state index in [9.17, 15) is 4.79 Å². The molecular weight excluding hydrogens is 1210 g/mol. The van der Waals surface area contributed by atoms with E-state index >= 15 is 0 Å². The molecule has 6 aromatic carbocycles. The van der Waals surface area contributed by atoms with Crippen LogP contribution in [-0.4, -0.2) is 68.1 Å². The number of rotatable bonds is 58. The van der Waals surface area contributed by atoms with Crippen LogP contribution in [-0.2, 0) is 82.3 Å². The Balaban J connectivity index is 1.16. The van der Waals surface area contributed by atoms with Gasteiger partial charge in [-0.2, -0.15) is 0 Å². The molecule has 8 atom stereocenters. The van der Waals surface area contributed by atoms with Crippen LogP contribution < -0.4 is 5.32 Å². The summed E-state index contributed by atoms with van der Waals surface area (Å²) in [5.41, 5.74) is 6.16. The molecular formula is C88H127NO9. The zero-order chi connectivity index (χ0) is 68.2. The fraction of sp³-hybridized carbons (Fsp3) is 0.580. The van der Waals surface area contributed by atoms with Gasteiger partial charge in [0.15, 0.2) is 6.29 Å². The molecule has 7 rings (SSSR count). The number of hydrogen-bond acceptors (Lipinski definition) is 9. The molecule has 1 heterocycles. The summed E-state index contributed by atoms with van der Waals surface area (Å²) in [7, 11) is 0. The predicted molar refractivity (Wildman–Crippen MR) is 401 cm³/mol. The molecule has 6 aromatic rings. The zero-order valence-corrected chi connectivity index (χ0v) is 60.6. The summed E-state index contributed by atoms with van der Waals surface area (Å²) in [6, 6.07) is 60.9. The van der Waals surface area contributed by atoms with Gasteiger partial charge in [0.25, 0.3) is 0 Å². The first-order valence-electron chi connectivity index (χ1n) is 39.0. The molecule has 10 heteroatoms. The van der Waals surface area contributed by atoms with Crippen LogP contribution in [0.3, 0.4) is 0 Å². The van der Waals surface area contributed by atoms with Crippen molar-refractivity contribution in [1.29, 1.82) is 0 Å². The largest absolute Gasteiger partial charge is 0.375 e. The van der Waals surface area contributed by atoms with Gasteiger partial charge in [0, 0.05) is 6.42 Å². The third kappa shape index (κ3) is 34.2. The number of benzene rings is 6. The maximum atomic E-state index is 14.9. The van der Waals surface area contributed by atoms with Gasteiger partial charge in [-0.05, 0) is 46.2 Å². The third-order valence-electron chi connectivity index (χ3n) is 19.3. The molecule has 1 aliphatic rings. The highest BCUT2D eigenvalue weighted by Gasteiger charge is 2.51. The summed E-state index contributed by atoms with van der Waals surface area (Å²) in [5, 5.41) is 3.57. The molecule has 0 aliphatic carbocycles. The Kier molecular flexibility index (Phi) is 42.7. The molecule has 10 nitrogen and oxygen atoms in total. The normalized spacial score (nSPS) is 17.2. The van der Waals surface area contributed by atoms with E-state index in [1.807, 2.05) is 97.1 Å². The topological polar surface area (TPSA) is 103 Å². The second kappa shape index (κ2) is 52.5. The van der Waals surface area contributed by atoms with E-state index in [4.69, 9.17) is 37.9 Å². The Morgan fingerprint density at radius 1 is 0.367 bits per heavy atom. The highest BCUT2D eigenvalue weighted by molar-refractivity contribution is 5.76. The molecule has 0 unspecified atom stereocenters. The van der Waals surface area contributed by atoms with E-state index in [1.165, 1.54) is 161 Å². The standard InChI is InChI=1S/C88H127NO9/c1-3-5-7-9-11-13-15-17-18-19-20-21-22-23-25-27-29-31-51-65-83(90)89-80(72-91-66-74-52-38-32-39-53-74)84(81(93-68-76-56-42-34-43-57-76)64-50-30-28-26-24-16-14-12-10-8-6-4-2)98-88-87(96-71-79-62-48-37-49-63-79)86(95-70-78-60-46-36-47-61-78)85(94-69-77-58-44-35-45-59-77)82(97-88)73-92-67-75-54-40-33-41-55-75/h32-49,52-63,80-82,84-88H,3-31,50-51,64-73H2,1-2H3,(H,89,90)/t80-,81+,82+,84+,85+,86-,87+,88-/m0/s1. The number of amides is 1. The summed E-state index contributed by atoms with van der Waals surface area (Å²) >= 11 is 0. The van der Waals surface area contributed by atoms with E-state index < -0.39 is 49.0 Å². The molecule has 0 radical (unpaired) electrons. The van der Waals surface area contributed by atoms with Gasteiger partial charge in [0.05, 0.1) is 65.0 Å². The van der Waals surface area contributed by atoms with Crippen LogP contribution in [0.1, 0.15) is 259 Å². The molecule has 0 spiro atoms. The van der Waals surface area contributed by atoms with Crippen LogP contribution in [0.2, 0.25) is 0 Å². The van der Waals surface area contributed by atoms with Crippen molar-refractivity contribution in [1.82, 2.24) is 5.32 Å². The Hall–Kier alpha value is -5.53. The molecule has 1 amide bonds. The van der Waals surface area contributed by atoms with E-state index in [2.05, 4.69) is 104 Å². The molecule has 98 heavy (non-hydrogen) atoms. The summed E-state index contributed by atoms with van der Waals surface area (Å²) in [6.07, 6.45) is 35.3. The molecule has 1 N–H and O–H groups in total. The SMILES string of the molecule is CCCCCCCCCCCCCCCCCCCCCC(=O)N[C@@H](COCc1ccccc1)[C@@H](O[C@@H]1O[C@H](COCc2ccccc2)[C@@H](OCc2ccccc2)[C@H](OCc2ccccc2)[C@H]1OCc1ccccc1)[C@@H](CCCCCCCCCCCCCC)OCc1ccccc1. The second-order valence-electron chi connectivity index (χ2n) is 27.7. The van der Waals surface area contributed by atoms with Crippen molar-refractivity contribution in [2.45, 2.75) is 314 Å². The molecule has 1 saturated heterocycles. The zero-order valence-electron chi connectivity index (χ0n) is 60.6. The number of carbonyl (C=O) groups excluding carboxylic acids is 1. The Labute approximate surface area is 593 Å². The lowest BCUT2D eigenvalue weighted by atomic mass is 9.96. The lowest BCUT2D eigenvalue weighted by Gasteiger charge is -2.47.